The summed E-state index contributed by atoms with van der Waals surface area (Å²) in [6.45, 7) is 3.45. The summed E-state index contributed by atoms with van der Waals surface area (Å²) in [5.41, 5.74) is 5.15. The Morgan fingerprint density at radius 1 is 1.09 bits per heavy atom. The molecule has 0 bridgehead atoms. The number of halogens is 3. The molecule has 224 valence electrons. The molecule has 1 aliphatic heterocycles. The summed E-state index contributed by atoms with van der Waals surface area (Å²) >= 11 is 18.0. The number of hydrogen-bond donors (Lipinski definition) is 3. The number of ether oxygens (including phenoxy) is 3. The highest BCUT2D eigenvalue weighted by molar-refractivity contribution is 7.80. The second kappa shape index (κ2) is 14.8. The van der Waals surface area contributed by atoms with Crippen LogP contribution in [0.2, 0.25) is 10.0 Å². The average Bonchev–Trinajstić information content (AvgIpc) is 2.96. The third-order valence-corrected chi connectivity index (χ3v) is 6.85. The van der Waals surface area contributed by atoms with Crippen LogP contribution in [0.5, 0.6) is 11.5 Å². The van der Waals surface area contributed by atoms with E-state index in [-0.39, 0.29) is 41.4 Å². The predicted octanol–water partition coefficient (Wildman–Crippen LogP) is 5.60. The van der Waals surface area contributed by atoms with Gasteiger partial charge in [0, 0.05) is 11.3 Å². The molecule has 3 aromatic rings. The Kier molecular flexibility index (Phi) is 10.9. The number of esters is 1. The van der Waals surface area contributed by atoms with Crippen LogP contribution in [0.1, 0.15) is 36.6 Å². The standard InChI is InChI=1S/C30H27Cl2FN4O5S/c1-3-40-29(39)26-17(2)35-30(43)36-27(26)21-6-4-5-7-24(21)41-16-25(38)37-34-14-19-12-22(31)28(23(32)13-19)42-15-18-8-10-20(33)11-9-18/h4-14,27H,3,15-16H2,1-2H3,(H,37,38)(H2,35,36,43)/t27-/m0/s1. The molecule has 0 fully saturated rings. The van der Waals surface area contributed by atoms with Crippen LogP contribution < -0.4 is 25.5 Å². The lowest BCUT2D eigenvalue weighted by atomic mass is 9.95. The molecule has 4 rings (SSSR count). The van der Waals surface area contributed by atoms with Gasteiger partial charge in [-0.15, -0.1) is 0 Å². The van der Waals surface area contributed by atoms with Crippen molar-refractivity contribution in [3.8, 4) is 11.5 Å². The molecule has 1 heterocycles. The fourth-order valence-corrected chi connectivity index (χ4v) is 5.02. The number of carbonyl (C=O) groups is 2. The maximum atomic E-state index is 13.1. The molecule has 0 saturated heterocycles. The Morgan fingerprint density at radius 2 is 1.79 bits per heavy atom. The summed E-state index contributed by atoms with van der Waals surface area (Å²) < 4.78 is 29.8. The van der Waals surface area contributed by atoms with E-state index in [1.54, 1.807) is 62.4 Å². The van der Waals surface area contributed by atoms with E-state index in [0.29, 0.717) is 33.3 Å². The molecule has 1 aliphatic rings. The first-order valence-electron chi connectivity index (χ1n) is 13.0. The third-order valence-electron chi connectivity index (χ3n) is 6.07. The second-order valence-electron chi connectivity index (χ2n) is 9.14. The number of rotatable bonds is 11. The second-order valence-corrected chi connectivity index (χ2v) is 10.4. The third kappa shape index (κ3) is 8.44. The normalized spacial score (nSPS) is 14.6. The fraction of sp³-hybridized carbons (Fsp3) is 0.200. The van der Waals surface area contributed by atoms with E-state index >= 15 is 0 Å². The molecule has 13 heteroatoms. The molecule has 0 aromatic heterocycles. The average molecular weight is 646 g/mol. The largest absolute Gasteiger partial charge is 0.486 e. The van der Waals surface area contributed by atoms with Gasteiger partial charge in [0.05, 0.1) is 34.5 Å². The molecule has 0 unspecified atom stereocenters. The van der Waals surface area contributed by atoms with Crippen LogP contribution in [-0.4, -0.2) is 36.4 Å². The summed E-state index contributed by atoms with van der Waals surface area (Å²) in [5, 5.41) is 10.8. The molecule has 0 spiro atoms. The van der Waals surface area contributed by atoms with Crippen molar-refractivity contribution >= 4 is 58.6 Å². The van der Waals surface area contributed by atoms with Gasteiger partial charge >= 0.3 is 5.97 Å². The van der Waals surface area contributed by atoms with Gasteiger partial charge in [-0.1, -0.05) is 53.5 Å². The van der Waals surface area contributed by atoms with Crippen molar-refractivity contribution in [2.24, 2.45) is 5.10 Å². The quantitative estimate of drug-likeness (QED) is 0.107. The van der Waals surface area contributed by atoms with E-state index in [4.69, 9.17) is 49.6 Å². The highest BCUT2D eigenvalue weighted by Gasteiger charge is 2.32. The molecule has 3 N–H and O–H groups in total. The van der Waals surface area contributed by atoms with Crippen molar-refractivity contribution in [2.75, 3.05) is 13.2 Å². The number of allylic oxidation sites excluding steroid dienone is 1. The minimum Gasteiger partial charge on any atom is -0.486 e. The van der Waals surface area contributed by atoms with Gasteiger partial charge in [-0.05, 0) is 67.5 Å². The lowest BCUT2D eigenvalue weighted by molar-refractivity contribution is -0.139. The number of hydrogen-bond acceptors (Lipinski definition) is 7. The maximum absolute atomic E-state index is 13.1. The molecule has 3 aromatic carbocycles. The lowest BCUT2D eigenvalue weighted by Crippen LogP contribution is -2.45. The van der Waals surface area contributed by atoms with Crippen LogP contribution in [0.3, 0.4) is 0 Å². The first-order chi connectivity index (χ1) is 20.7. The monoisotopic (exact) mass is 644 g/mol. The van der Waals surface area contributed by atoms with Crippen molar-refractivity contribution in [3.05, 3.63) is 104 Å². The van der Waals surface area contributed by atoms with Gasteiger partial charge in [0.2, 0.25) is 0 Å². The first kappa shape index (κ1) is 31.7. The number of thiocarbonyl (C=S) groups is 1. The van der Waals surface area contributed by atoms with Crippen molar-refractivity contribution < 1.29 is 28.2 Å². The Labute approximate surface area is 263 Å². The van der Waals surface area contributed by atoms with Gasteiger partial charge in [-0.25, -0.2) is 14.6 Å². The van der Waals surface area contributed by atoms with E-state index < -0.39 is 17.9 Å². The van der Waals surface area contributed by atoms with Gasteiger partial charge in [0.15, 0.2) is 17.5 Å². The lowest BCUT2D eigenvalue weighted by Gasteiger charge is -2.30. The number of benzene rings is 3. The zero-order valence-corrected chi connectivity index (χ0v) is 25.4. The Balaban J connectivity index is 1.37. The molecule has 0 saturated carbocycles. The van der Waals surface area contributed by atoms with Crippen molar-refractivity contribution in [2.45, 2.75) is 26.5 Å². The minimum atomic E-state index is -0.651. The number of nitrogens with one attached hydrogen (secondary N) is 3. The SMILES string of the molecule is CCOC(=O)C1=C(C)NC(=S)N[C@H]1c1ccccc1OCC(=O)NN=Cc1cc(Cl)c(OCc2ccc(F)cc2)c(Cl)c1. The van der Waals surface area contributed by atoms with Crippen LogP contribution in [0.25, 0.3) is 0 Å². The molecule has 0 radical (unpaired) electrons. The van der Waals surface area contributed by atoms with Gasteiger partial charge < -0.3 is 24.8 Å². The molecular weight excluding hydrogens is 618 g/mol. The number of para-hydroxylation sites is 1. The van der Waals surface area contributed by atoms with Crippen LogP contribution in [-0.2, 0) is 20.9 Å². The number of carbonyl (C=O) groups excluding carboxylic acids is 2. The highest BCUT2D eigenvalue weighted by Crippen LogP contribution is 2.35. The molecule has 43 heavy (non-hydrogen) atoms. The fourth-order valence-electron chi connectivity index (χ4n) is 4.14. The van der Waals surface area contributed by atoms with Crippen LogP contribution in [0.4, 0.5) is 4.39 Å². The molecule has 1 atom stereocenters. The van der Waals surface area contributed by atoms with Crippen molar-refractivity contribution in [1.82, 2.24) is 16.1 Å². The van der Waals surface area contributed by atoms with E-state index in [9.17, 15) is 14.0 Å². The summed E-state index contributed by atoms with van der Waals surface area (Å²) in [6, 6.07) is 15.3. The van der Waals surface area contributed by atoms with Gasteiger partial charge in [0.25, 0.3) is 5.91 Å². The first-order valence-corrected chi connectivity index (χ1v) is 14.2. The zero-order valence-electron chi connectivity index (χ0n) is 23.1. The van der Waals surface area contributed by atoms with Crippen LogP contribution >= 0.6 is 35.4 Å². The Bertz CT molecular complexity index is 1560. The van der Waals surface area contributed by atoms with Crippen molar-refractivity contribution in [3.63, 3.8) is 0 Å². The molecule has 0 aliphatic carbocycles. The van der Waals surface area contributed by atoms with E-state index in [1.807, 2.05) is 0 Å². The summed E-state index contributed by atoms with van der Waals surface area (Å²) in [5.74, 6) is -0.742. The molecular formula is C30H27Cl2FN4O5S. The summed E-state index contributed by atoms with van der Waals surface area (Å²) in [4.78, 5) is 25.2. The van der Waals surface area contributed by atoms with Crippen LogP contribution in [0.15, 0.2) is 77.0 Å². The summed E-state index contributed by atoms with van der Waals surface area (Å²) in [7, 11) is 0. The van der Waals surface area contributed by atoms with Gasteiger partial charge in [0.1, 0.15) is 18.2 Å². The van der Waals surface area contributed by atoms with Crippen molar-refractivity contribution in [1.29, 1.82) is 0 Å². The highest BCUT2D eigenvalue weighted by atomic mass is 35.5. The van der Waals surface area contributed by atoms with Gasteiger partial charge in [-0.2, -0.15) is 5.10 Å². The van der Waals surface area contributed by atoms with E-state index in [0.717, 1.165) is 5.56 Å². The Morgan fingerprint density at radius 3 is 2.49 bits per heavy atom. The van der Waals surface area contributed by atoms with E-state index in [1.165, 1.54) is 18.3 Å². The smallest absolute Gasteiger partial charge is 0.338 e. The van der Waals surface area contributed by atoms with Gasteiger partial charge in [-0.3, -0.25) is 4.79 Å². The van der Waals surface area contributed by atoms with E-state index in [2.05, 4.69) is 21.2 Å². The number of nitrogens with zero attached hydrogens (tertiary/aromatic N) is 1. The van der Waals surface area contributed by atoms with Crippen LogP contribution in [0, 0.1) is 5.82 Å². The predicted molar refractivity (Wildman–Crippen MR) is 166 cm³/mol. The topological polar surface area (TPSA) is 110 Å². The Hall–Kier alpha value is -4.19. The number of hydrazone groups is 1. The molecule has 1 amide bonds. The minimum absolute atomic E-state index is 0.146. The maximum Gasteiger partial charge on any atom is 0.338 e. The number of amides is 1. The zero-order chi connectivity index (χ0) is 30.9. The molecule has 9 nitrogen and oxygen atoms in total. The summed E-state index contributed by atoms with van der Waals surface area (Å²) in [6.07, 6.45) is 1.37.